The molecule has 1 aromatic rings. The van der Waals surface area contributed by atoms with E-state index in [1.54, 1.807) is 18.2 Å². The standard InChI is InChI=1S/C18H28FN3O/c1-15(14-22-11-9-21(2)10-12-22)13-20-18(23)8-7-16-5-3-4-6-17(16)19/h3-6,15H,7-14H2,1-2H3,(H,20,23). The first-order valence-electron chi connectivity index (χ1n) is 8.45. The summed E-state index contributed by atoms with van der Waals surface area (Å²) >= 11 is 0. The third-order valence-corrected chi connectivity index (χ3v) is 4.39. The molecule has 2 rings (SSSR count). The summed E-state index contributed by atoms with van der Waals surface area (Å²) in [5.74, 6) is 0.193. The zero-order valence-electron chi connectivity index (χ0n) is 14.2. The number of piperazine rings is 1. The van der Waals surface area contributed by atoms with Gasteiger partial charge in [0.1, 0.15) is 5.82 Å². The van der Waals surface area contributed by atoms with Gasteiger partial charge in [0.15, 0.2) is 0 Å². The van der Waals surface area contributed by atoms with Gasteiger partial charge in [0, 0.05) is 45.7 Å². The average Bonchev–Trinajstić information content (AvgIpc) is 2.54. The molecule has 1 amide bonds. The second-order valence-electron chi connectivity index (χ2n) is 6.60. The summed E-state index contributed by atoms with van der Waals surface area (Å²) in [5.41, 5.74) is 0.605. The second kappa shape index (κ2) is 8.99. The van der Waals surface area contributed by atoms with E-state index in [2.05, 4.69) is 29.1 Å². The molecule has 23 heavy (non-hydrogen) atoms. The highest BCUT2D eigenvalue weighted by Gasteiger charge is 2.16. The first kappa shape index (κ1) is 17.9. The Bertz CT molecular complexity index is 501. The monoisotopic (exact) mass is 321 g/mol. The van der Waals surface area contributed by atoms with Gasteiger partial charge in [0.2, 0.25) is 5.91 Å². The van der Waals surface area contributed by atoms with E-state index in [1.165, 1.54) is 6.07 Å². The Kier molecular flexibility index (Phi) is 6.99. The number of amides is 1. The maximum Gasteiger partial charge on any atom is 0.220 e. The second-order valence-corrected chi connectivity index (χ2v) is 6.60. The number of carbonyl (C=O) groups excluding carboxylic acids is 1. The van der Waals surface area contributed by atoms with Gasteiger partial charge in [-0.3, -0.25) is 4.79 Å². The minimum atomic E-state index is -0.233. The third-order valence-electron chi connectivity index (χ3n) is 4.39. The molecule has 5 heteroatoms. The maximum atomic E-state index is 13.5. The van der Waals surface area contributed by atoms with Crippen LogP contribution >= 0.6 is 0 Å². The summed E-state index contributed by atoms with van der Waals surface area (Å²) in [4.78, 5) is 16.7. The van der Waals surface area contributed by atoms with Crippen molar-refractivity contribution in [1.82, 2.24) is 15.1 Å². The number of rotatable bonds is 7. The van der Waals surface area contributed by atoms with Crippen molar-refractivity contribution in [3.63, 3.8) is 0 Å². The zero-order valence-corrected chi connectivity index (χ0v) is 14.2. The van der Waals surface area contributed by atoms with Gasteiger partial charge in [-0.25, -0.2) is 4.39 Å². The van der Waals surface area contributed by atoms with Crippen LogP contribution in [0.5, 0.6) is 0 Å². The fourth-order valence-electron chi connectivity index (χ4n) is 2.86. The molecule has 1 unspecified atom stereocenters. The van der Waals surface area contributed by atoms with E-state index in [0.29, 0.717) is 30.9 Å². The number of benzene rings is 1. The molecule has 128 valence electrons. The van der Waals surface area contributed by atoms with Gasteiger partial charge in [-0.15, -0.1) is 0 Å². The molecule has 0 radical (unpaired) electrons. The van der Waals surface area contributed by atoms with Crippen LogP contribution in [0, 0.1) is 11.7 Å². The van der Waals surface area contributed by atoms with Gasteiger partial charge in [0.05, 0.1) is 0 Å². The summed E-state index contributed by atoms with van der Waals surface area (Å²) < 4.78 is 13.5. The number of halogens is 1. The van der Waals surface area contributed by atoms with Gasteiger partial charge < -0.3 is 15.1 Å². The van der Waals surface area contributed by atoms with Gasteiger partial charge in [-0.2, -0.15) is 0 Å². The molecule has 1 aliphatic heterocycles. The van der Waals surface area contributed by atoms with Crippen molar-refractivity contribution in [2.75, 3.05) is 46.3 Å². The number of hydrogen-bond acceptors (Lipinski definition) is 3. The predicted molar refractivity (Wildman–Crippen MR) is 90.8 cm³/mol. The van der Waals surface area contributed by atoms with Crippen molar-refractivity contribution in [2.45, 2.75) is 19.8 Å². The fourth-order valence-corrected chi connectivity index (χ4v) is 2.86. The first-order chi connectivity index (χ1) is 11.0. The highest BCUT2D eigenvalue weighted by Crippen LogP contribution is 2.09. The zero-order chi connectivity index (χ0) is 16.7. The Morgan fingerprint density at radius 2 is 1.96 bits per heavy atom. The molecule has 0 aliphatic carbocycles. The van der Waals surface area contributed by atoms with Gasteiger partial charge in [-0.05, 0) is 31.0 Å². The topological polar surface area (TPSA) is 35.6 Å². The Balaban J connectivity index is 1.63. The van der Waals surface area contributed by atoms with Crippen LogP contribution in [-0.4, -0.2) is 62.0 Å². The van der Waals surface area contributed by atoms with Gasteiger partial charge in [0.25, 0.3) is 0 Å². The van der Waals surface area contributed by atoms with Crippen molar-refractivity contribution in [1.29, 1.82) is 0 Å². The van der Waals surface area contributed by atoms with Crippen LogP contribution in [0.3, 0.4) is 0 Å². The van der Waals surface area contributed by atoms with Gasteiger partial charge >= 0.3 is 0 Å². The Hall–Kier alpha value is -1.46. The van der Waals surface area contributed by atoms with Crippen LogP contribution in [0.15, 0.2) is 24.3 Å². The largest absolute Gasteiger partial charge is 0.356 e. The number of likely N-dealkylation sites (N-methyl/N-ethyl adjacent to an activating group) is 1. The smallest absolute Gasteiger partial charge is 0.220 e. The van der Waals surface area contributed by atoms with E-state index in [0.717, 1.165) is 32.7 Å². The molecule has 1 fully saturated rings. The van der Waals surface area contributed by atoms with Crippen LogP contribution in [0.25, 0.3) is 0 Å². The number of hydrogen-bond donors (Lipinski definition) is 1. The quantitative estimate of drug-likeness (QED) is 0.831. The molecule has 1 aliphatic rings. The average molecular weight is 321 g/mol. The van der Waals surface area contributed by atoms with E-state index in [1.807, 2.05) is 0 Å². The van der Waals surface area contributed by atoms with Crippen LogP contribution in [0.1, 0.15) is 18.9 Å². The molecular weight excluding hydrogens is 293 g/mol. The Morgan fingerprint density at radius 3 is 2.65 bits per heavy atom. The van der Waals surface area contributed by atoms with E-state index in [-0.39, 0.29) is 11.7 Å². The van der Waals surface area contributed by atoms with Crippen molar-refractivity contribution in [3.05, 3.63) is 35.6 Å². The maximum absolute atomic E-state index is 13.5. The highest BCUT2D eigenvalue weighted by atomic mass is 19.1. The van der Waals surface area contributed by atoms with Crippen molar-refractivity contribution in [2.24, 2.45) is 5.92 Å². The summed E-state index contributed by atoms with van der Waals surface area (Å²) in [6, 6.07) is 6.64. The normalized spacial score (nSPS) is 17.9. The lowest BCUT2D eigenvalue weighted by Gasteiger charge is -2.33. The van der Waals surface area contributed by atoms with Crippen LogP contribution in [0.4, 0.5) is 4.39 Å². The van der Waals surface area contributed by atoms with E-state index in [9.17, 15) is 9.18 Å². The number of aryl methyl sites for hydroxylation is 1. The van der Waals surface area contributed by atoms with Crippen LogP contribution < -0.4 is 5.32 Å². The Morgan fingerprint density at radius 1 is 1.26 bits per heavy atom. The molecule has 4 nitrogen and oxygen atoms in total. The van der Waals surface area contributed by atoms with E-state index < -0.39 is 0 Å². The Labute approximate surface area is 138 Å². The van der Waals surface area contributed by atoms with E-state index >= 15 is 0 Å². The lowest BCUT2D eigenvalue weighted by molar-refractivity contribution is -0.121. The number of nitrogens with one attached hydrogen (secondary N) is 1. The highest BCUT2D eigenvalue weighted by molar-refractivity contribution is 5.76. The first-order valence-corrected chi connectivity index (χ1v) is 8.45. The minimum absolute atomic E-state index is 0.00141. The molecule has 1 heterocycles. The van der Waals surface area contributed by atoms with Crippen LogP contribution in [-0.2, 0) is 11.2 Å². The minimum Gasteiger partial charge on any atom is -0.356 e. The SMILES string of the molecule is CC(CNC(=O)CCc1ccccc1F)CN1CCN(C)CC1. The fraction of sp³-hybridized carbons (Fsp3) is 0.611. The lowest BCUT2D eigenvalue weighted by Crippen LogP contribution is -2.46. The molecule has 0 saturated carbocycles. The lowest BCUT2D eigenvalue weighted by atomic mass is 10.1. The molecule has 1 aromatic carbocycles. The summed E-state index contributed by atoms with van der Waals surface area (Å²) in [6.45, 7) is 8.28. The molecule has 0 bridgehead atoms. The summed E-state index contributed by atoms with van der Waals surface area (Å²) in [6.07, 6.45) is 0.785. The van der Waals surface area contributed by atoms with Gasteiger partial charge in [-0.1, -0.05) is 25.1 Å². The molecular formula is C18H28FN3O. The molecule has 1 atom stereocenters. The van der Waals surface area contributed by atoms with Crippen molar-refractivity contribution >= 4 is 5.91 Å². The van der Waals surface area contributed by atoms with Crippen molar-refractivity contribution in [3.8, 4) is 0 Å². The predicted octanol–water partition coefficient (Wildman–Crippen LogP) is 1.76. The molecule has 0 aromatic heterocycles. The molecule has 0 spiro atoms. The molecule has 1 saturated heterocycles. The number of carbonyl (C=O) groups is 1. The van der Waals surface area contributed by atoms with Crippen molar-refractivity contribution < 1.29 is 9.18 Å². The summed E-state index contributed by atoms with van der Waals surface area (Å²) in [5, 5.41) is 2.97. The summed E-state index contributed by atoms with van der Waals surface area (Å²) in [7, 11) is 2.15. The van der Waals surface area contributed by atoms with Crippen LogP contribution in [0.2, 0.25) is 0 Å². The third kappa shape index (κ3) is 6.28. The molecule has 1 N–H and O–H groups in total. The number of nitrogens with zero attached hydrogens (tertiary/aromatic N) is 2. The van der Waals surface area contributed by atoms with E-state index in [4.69, 9.17) is 0 Å².